The Labute approximate surface area is 155 Å². The molecule has 1 saturated heterocycles. The number of nitrogens with zero attached hydrogens (tertiary/aromatic N) is 2. The lowest BCUT2D eigenvalue weighted by Gasteiger charge is -2.16. The molecule has 140 valence electrons. The fourth-order valence-corrected chi connectivity index (χ4v) is 2.95. The second-order valence-corrected chi connectivity index (χ2v) is 6.57. The molecule has 2 heterocycles. The van der Waals surface area contributed by atoms with Crippen LogP contribution in [0.4, 0.5) is 0 Å². The maximum atomic E-state index is 11.5. The summed E-state index contributed by atoms with van der Waals surface area (Å²) in [6, 6.07) is 4.97. The highest BCUT2D eigenvalue weighted by atomic mass is 16.5. The SMILES string of the molecule is CC(C)Oc1cc2c(OC[C@@H]3CCC(=O)N3)ncc(C(=O)O)c2cc1C#N. The normalized spacial score (nSPS) is 16.2. The quantitative estimate of drug-likeness (QED) is 0.801. The van der Waals surface area contributed by atoms with Gasteiger partial charge in [-0.1, -0.05) is 0 Å². The Morgan fingerprint density at radius 2 is 2.22 bits per heavy atom. The molecule has 0 radical (unpaired) electrons. The maximum Gasteiger partial charge on any atom is 0.337 e. The van der Waals surface area contributed by atoms with Crippen molar-refractivity contribution in [3.8, 4) is 17.7 Å². The Morgan fingerprint density at radius 3 is 2.81 bits per heavy atom. The van der Waals surface area contributed by atoms with Gasteiger partial charge in [0.15, 0.2) is 0 Å². The van der Waals surface area contributed by atoms with Crippen LogP contribution < -0.4 is 14.8 Å². The van der Waals surface area contributed by atoms with Crippen LogP contribution in [0, 0.1) is 11.3 Å². The number of aromatic carboxylic acids is 1. The van der Waals surface area contributed by atoms with Gasteiger partial charge in [-0.3, -0.25) is 4.79 Å². The Hall–Kier alpha value is -3.34. The summed E-state index contributed by atoms with van der Waals surface area (Å²) < 4.78 is 11.4. The van der Waals surface area contributed by atoms with Crippen molar-refractivity contribution in [2.24, 2.45) is 0 Å². The molecule has 2 N–H and O–H groups in total. The standard InChI is InChI=1S/C19H19N3O5/c1-10(2)27-16-6-14-13(5-11(16)7-20)15(19(24)25)8-21-18(14)26-9-12-3-4-17(23)22-12/h5-6,8,10,12H,3-4,9H2,1-2H3,(H,22,23)(H,24,25)/t12-/m0/s1. The van der Waals surface area contributed by atoms with Gasteiger partial charge in [-0.2, -0.15) is 5.26 Å². The number of nitrogens with one attached hydrogen (secondary N) is 1. The summed E-state index contributed by atoms with van der Waals surface area (Å²) in [4.78, 5) is 27.0. The third-order valence-electron chi connectivity index (χ3n) is 4.17. The van der Waals surface area contributed by atoms with Gasteiger partial charge in [-0.05, 0) is 32.4 Å². The molecular formula is C19H19N3O5. The second kappa shape index (κ2) is 7.50. The van der Waals surface area contributed by atoms with Gasteiger partial charge in [0.05, 0.1) is 23.3 Å². The molecular weight excluding hydrogens is 350 g/mol. The van der Waals surface area contributed by atoms with Gasteiger partial charge in [0.25, 0.3) is 0 Å². The lowest BCUT2D eigenvalue weighted by atomic mass is 10.0. The van der Waals surface area contributed by atoms with Crippen molar-refractivity contribution in [1.82, 2.24) is 10.3 Å². The first-order chi connectivity index (χ1) is 12.9. The molecule has 1 amide bonds. The van der Waals surface area contributed by atoms with Crippen molar-refractivity contribution in [2.75, 3.05) is 6.61 Å². The van der Waals surface area contributed by atoms with Crippen molar-refractivity contribution in [2.45, 2.75) is 38.8 Å². The molecule has 27 heavy (non-hydrogen) atoms. The molecule has 1 fully saturated rings. The Bertz CT molecular complexity index is 948. The number of carboxylic acid groups (broad SMARTS) is 1. The van der Waals surface area contributed by atoms with E-state index in [0.29, 0.717) is 29.4 Å². The third-order valence-corrected chi connectivity index (χ3v) is 4.17. The molecule has 8 nitrogen and oxygen atoms in total. The number of rotatable bonds is 6. The van der Waals surface area contributed by atoms with E-state index in [9.17, 15) is 20.0 Å². The molecule has 1 aromatic heterocycles. The number of carbonyl (C=O) groups is 2. The first-order valence-electron chi connectivity index (χ1n) is 8.58. The topological polar surface area (TPSA) is 122 Å². The van der Waals surface area contributed by atoms with E-state index in [1.807, 2.05) is 19.9 Å². The van der Waals surface area contributed by atoms with Gasteiger partial charge in [-0.15, -0.1) is 0 Å². The minimum Gasteiger partial charge on any atom is -0.490 e. The van der Waals surface area contributed by atoms with Gasteiger partial charge in [0, 0.05) is 23.4 Å². The molecule has 1 atom stereocenters. The van der Waals surface area contributed by atoms with Crippen LogP contribution in [0.2, 0.25) is 0 Å². The highest BCUT2D eigenvalue weighted by molar-refractivity contribution is 6.05. The number of ether oxygens (including phenoxy) is 2. The van der Waals surface area contributed by atoms with Crippen LogP contribution in [0.25, 0.3) is 10.8 Å². The van der Waals surface area contributed by atoms with E-state index in [1.54, 1.807) is 6.07 Å². The number of carboxylic acids is 1. The van der Waals surface area contributed by atoms with E-state index in [-0.39, 0.29) is 41.7 Å². The summed E-state index contributed by atoms with van der Waals surface area (Å²) in [5.74, 6) is -0.602. The fraction of sp³-hybridized carbons (Fsp3) is 0.368. The molecule has 0 saturated carbocycles. The number of fused-ring (bicyclic) bond motifs is 1. The largest absolute Gasteiger partial charge is 0.490 e. The Kier molecular flexibility index (Phi) is 5.12. The number of pyridine rings is 1. The fourth-order valence-electron chi connectivity index (χ4n) is 2.95. The highest BCUT2D eigenvalue weighted by Gasteiger charge is 2.23. The second-order valence-electron chi connectivity index (χ2n) is 6.57. The van der Waals surface area contributed by atoms with Crippen LogP contribution >= 0.6 is 0 Å². The zero-order valence-corrected chi connectivity index (χ0v) is 15.0. The predicted molar refractivity (Wildman–Crippen MR) is 95.8 cm³/mol. The molecule has 0 spiro atoms. The van der Waals surface area contributed by atoms with E-state index in [0.717, 1.165) is 0 Å². The summed E-state index contributed by atoms with van der Waals surface area (Å²) in [7, 11) is 0. The van der Waals surface area contributed by atoms with Gasteiger partial charge in [0.2, 0.25) is 11.8 Å². The van der Waals surface area contributed by atoms with Gasteiger partial charge >= 0.3 is 5.97 Å². The van der Waals surface area contributed by atoms with E-state index in [4.69, 9.17) is 9.47 Å². The van der Waals surface area contributed by atoms with Crippen LogP contribution in [0.1, 0.15) is 42.6 Å². The van der Waals surface area contributed by atoms with Crippen LogP contribution in [-0.4, -0.2) is 40.7 Å². The minimum atomic E-state index is -1.15. The molecule has 0 aliphatic carbocycles. The summed E-state index contributed by atoms with van der Waals surface area (Å²) in [6.45, 7) is 3.88. The zero-order chi connectivity index (χ0) is 19.6. The van der Waals surface area contributed by atoms with Crippen molar-refractivity contribution in [3.63, 3.8) is 0 Å². The van der Waals surface area contributed by atoms with Gasteiger partial charge in [0.1, 0.15) is 18.4 Å². The van der Waals surface area contributed by atoms with Crippen molar-refractivity contribution in [3.05, 3.63) is 29.5 Å². The molecule has 2 aromatic rings. The first kappa shape index (κ1) is 18.5. The van der Waals surface area contributed by atoms with Gasteiger partial charge < -0.3 is 19.9 Å². The lowest BCUT2D eigenvalue weighted by molar-refractivity contribution is -0.119. The number of aromatic nitrogens is 1. The highest BCUT2D eigenvalue weighted by Crippen LogP contribution is 2.33. The summed E-state index contributed by atoms with van der Waals surface area (Å²) in [5, 5.41) is 22.4. The number of benzene rings is 1. The van der Waals surface area contributed by atoms with E-state index in [1.165, 1.54) is 12.3 Å². The molecule has 0 bridgehead atoms. The van der Waals surface area contributed by atoms with Crippen LogP contribution in [0.5, 0.6) is 11.6 Å². The molecule has 0 unspecified atom stereocenters. The predicted octanol–water partition coefficient (Wildman–Crippen LogP) is 2.25. The van der Waals surface area contributed by atoms with Crippen LogP contribution in [-0.2, 0) is 4.79 Å². The number of hydrogen-bond donors (Lipinski definition) is 2. The molecule has 8 heteroatoms. The van der Waals surface area contributed by atoms with E-state index >= 15 is 0 Å². The monoisotopic (exact) mass is 369 g/mol. The third kappa shape index (κ3) is 3.92. The number of carbonyl (C=O) groups excluding carboxylic acids is 1. The Morgan fingerprint density at radius 1 is 1.44 bits per heavy atom. The maximum absolute atomic E-state index is 11.5. The summed E-state index contributed by atoms with van der Waals surface area (Å²) >= 11 is 0. The first-order valence-corrected chi connectivity index (χ1v) is 8.58. The Balaban J connectivity index is 2.04. The molecule has 1 aliphatic heterocycles. The summed E-state index contributed by atoms with van der Waals surface area (Å²) in [5.41, 5.74) is 0.207. The van der Waals surface area contributed by atoms with Crippen LogP contribution in [0.3, 0.4) is 0 Å². The smallest absolute Gasteiger partial charge is 0.337 e. The number of hydrogen-bond acceptors (Lipinski definition) is 6. The van der Waals surface area contributed by atoms with Crippen molar-refractivity contribution in [1.29, 1.82) is 5.26 Å². The molecule has 3 rings (SSSR count). The van der Waals surface area contributed by atoms with Gasteiger partial charge in [-0.25, -0.2) is 9.78 Å². The van der Waals surface area contributed by atoms with Crippen LogP contribution in [0.15, 0.2) is 18.3 Å². The van der Waals surface area contributed by atoms with E-state index in [2.05, 4.69) is 10.3 Å². The van der Waals surface area contributed by atoms with Crippen molar-refractivity contribution >= 4 is 22.6 Å². The van der Waals surface area contributed by atoms with Crippen molar-refractivity contribution < 1.29 is 24.2 Å². The average molecular weight is 369 g/mol. The van der Waals surface area contributed by atoms with E-state index < -0.39 is 5.97 Å². The lowest BCUT2D eigenvalue weighted by Crippen LogP contribution is -2.31. The molecule has 1 aromatic carbocycles. The number of amides is 1. The number of nitriles is 1. The average Bonchev–Trinajstić information content (AvgIpc) is 3.03. The molecule has 1 aliphatic rings. The summed E-state index contributed by atoms with van der Waals surface area (Å²) in [6.07, 6.45) is 2.17. The minimum absolute atomic E-state index is 0.0195. The zero-order valence-electron chi connectivity index (χ0n) is 15.0.